The van der Waals surface area contributed by atoms with Crippen LogP contribution in [-0.4, -0.2) is 32.4 Å². The van der Waals surface area contributed by atoms with Crippen molar-refractivity contribution in [3.05, 3.63) is 0 Å². The summed E-state index contributed by atoms with van der Waals surface area (Å²) in [6.07, 6.45) is 0.501. The van der Waals surface area contributed by atoms with Gasteiger partial charge in [0, 0.05) is 13.0 Å². The van der Waals surface area contributed by atoms with Crippen molar-refractivity contribution in [1.82, 2.24) is 4.72 Å². The number of aliphatic hydroxyl groups is 1. The molecule has 4 nitrogen and oxygen atoms in total. The van der Waals surface area contributed by atoms with Crippen molar-refractivity contribution >= 4 is 10.0 Å². The van der Waals surface area contributed by atoms with E-state index in [4.69, 9.17) is 5.11 Å². The summed E-state index contributed by atoms with van der Waals surface area (Å²) in [5.41, 5.74) is 0. The van der Waals surface area contributed by atoms with Crippen molar-refractivity contribution in [2.24, 2.45) is 0 Å². The fraction of sp³-hybridized carbons (Fsp3) is 0.714. The van der Waals surface area contributed by atoms with Gasteiger partial charge in [-0.05, 0) is 6.92 Å². The van der Waals surface area contributed by atoms with E-state index < -0.39 is 10.0 Å². The SMILES string of the molecule is CC#CCCNS(=O)(=O)CCO. The summed E-state index contributed by atoms with van der Waals surface area (Å²) in [5.74, 6) is 5.13. The van der Waals surface area contributed by atoms with Crippen LogP contribution < -0.4 is 4.72 Å². The molecule has 0 bridgehead atoms. The molecule has 0 saturated carbocycles. The molecule has 0 heterocycles. The Hall–Kier alpha value is -0.570. The van der Waals surface area contributed by atoms with Gasteiger partial charge in [0.15, 0.2) is 0 Å². The highest BCUT2D eigenvalue weighted by molar-refractivity contribution is 7.89. The van der Waals surface area contributed by atoms with Crippen molar-refractivity contribution in [2.45, 2.75) is 13.3 Å². The number of aliphatic hydroxyl groups excluding tert-OH is 1. The molecule has 0 rings (SSSR count). The van der Waals surface area contributed by atoms with Gasteiger partial charge < -0.3 is 5.11 Å². The Bertz CT molecular complexity index is 260. The molecule has 0 spiro atoms. The first kappa shape index (κ1) is 11.4. The lowest BCUT2D eigenvalue weighted by Crippen LogP contribution is -2.28. The van der Waals surface area contributed by atoms with E-state index in [0.717, 1.165) is 0 Å². The maximum absolute atomic E-state index is 10.9. The molecule has 12 heavy (non-hydrogen) atoms. The van der Waals surface area contributed by atoms with Gasteiger partial charge in [-0.2, -0.15) is 0 Å². The summed E-state index contributed by atoms with van der Waals surface area (Å²) in [6.45, 7) is 1.65. The Morgan fingerprint density at radius 2 is 2.17 bits per heavy atom. The van der Waals surface area contributed by atoms with Gasteiger partial charge in [-0.25, -0.2) is 13.1 Å². The van der Waals surface area contributed by atoms with Crippen LogP contribution in [0.15, 0.2) is 0 Å². The van der Waals surface area contributed by atoms with Gasteiger partial charge >= 0.3 is 0 Å². The quantitative estimate of drug-likeness (QED) is 0.446. The van der Waals surface area contributed by atoms with Crippen LogP contribution in [0.2, 0.25) is 0 Å². The van der Waals surface area contributed by atoms with Crippen molar-refractivity contribution in [2.75, 3.05) is 18.9 Å². The van der Waals surface area contributed by atoms with Gasteiger partial charge in [-0.1, -0.05) is 0 Å². The van der Waals surface area contributed by atoms with Crippen LogP contribution >= 0.6 is 0 Å². The molecule has 0 aliphatic rings. The zero-order chi connectivity index (χ0) is 9.45. The smallest absolute Gasteiger partial charge is 0.213 e. The first-order valence-corrected chi connectivity index (χ1v) is 5.25. The zero-order valence-corrected chi connectivity index (χ0v) is 7.82. The van der Waals surface area contributed by atoms with E-state index in [1.54, 1.807) is 6.92 Å². The van der Waals surface area contributed by atoms with Gasteiger partial charge in [-0.15, -0.1) is 11.8 Å². The van der Waals surface area contributed by atoms with Crippen LogP contribution in [0.3, 0.4) is 0 Å². The molecule has 70 valence electrons. The summed E-state index contributed by atoms with van der Waals surface area (Å²) in [4.78, 5) is 0. The van der Waals surface area contributed by atoms with Crippen LogP contribution in [-0.2, 0) is 10.0 Å². The molecule has 0 aromatic heterocycles. The lowest BCUT2D eigenvalue weighted by Gasteiger charge is -2.01. The highest BCUT2D eigenvalue weighted by Crippen LogP contribution is 1.83. The molecule has 0 aliphatic carbocycles. The van der Waals surface area contributed by atoms with Crippen LogP contribution in [0.1, 0.15) is 13.3 Å². The molecule has 0 fully saturated rings. The predicted molar refractivity (Wildman–Crippen MR) is 46.9 cm³/mol. The molecule has 2 N–H and O–H groups in total. The Morgan fingerprint density at radius 3 is 2.67 bits per heavy atom. The van der Waals surface area contributed by atoms with Crippen molar-refractivity contribution in [1.29, 1.82) is 0 Å². The van der Waals surface area contributed by atoms with Crippen LogP contribution in [0.25, 0.3) is 0 Å². The van der Waals surface area contributed by atoms with E-state index in [0.29, 0.717) is 13.0 Å². The maximum atomic E-state index is 10.9. The second-order valence-electron chi connectivity index (χ2n) is 2.11. The topological polar surface area (TPSA) is 66.4 Å². The molecule has 0 unspecified atom stereocenters. The van der Waals surface area contributed by atoms with Crippen LogP contribution in [0.5, 0.6) is 0 Å². The Morgan fingerprint density at radius 1 is 1.50 bits per heavy atom. The van der Waals surface area contributed by atoms with Crippen molar-refractivity contribution in [3.63, 3.8) is 0 Å². The predicted octanol–water partition coefficient (Wildman–Crippen LogP) is -0.689. The third-order valence-electron chi connectivity index (χ3n) is 1.11. The first-order chi connectivity index (χ1) is 5.62. The second kappa shape index (κ2) is 6.00. The molecule has 0 aromatic carbocycles. The number of hydrogen-bond donors (Lipinski definition) is 2. The van der Waals surface area contributed by atoms with Crippen LogP contribution in [0, 0.1) is 11.8 Å². The number of hydrogen-bond acceptors (Lipinski definition) is 3. The lowest BCUT2D eigenvalue weighted by molar-refractivity contribution is 0.319. The third-order valence-corrected chi connectivity index (χ3v) is 2.47. The molecule has 0 aliphatic heterocycles. The number of nitrogens with one attached hydrogen (secondary N) is 1. The molecule has 0 amide bonds. The van der Waals surface area contributed by atoms with E-state index in [-0.39, 0.29) is 12.4 Å². The lowest BCUT2D eigenvalue weighted by atomic mass is 10.4. The molecule has 5 heteroatoms. The minimum Gasteiger partial charge on any atom is -0.395 e. The van der Waals surface area contributed by atoms with E-state index in [1.165, 1.54) is 0 Å². The van der Waals surface area contributed by atoms with Gasteiger partial charge in [0.05, 0.1) is 12.4 Å². The molecule has 0 saturated heterocycles. The Labute approximate surface area is 73.0 Å². The van der Waals surface area contributed by atoms with E-state index in [1.807, 2.05) is 0 Å². The summed E-state index contributed by atoms with van der Waals surface area (Å²) in [5, 5.41) is 8.36. The van der Waals surface area contributed by atoms with E-state index >= 15 is 0 Å². The second-order valence-corrected chi connectivity index (χ2v) is 4.04. The number of sulfonamides is 1. The zero-order valence-electron chi connectivity index (χ0n) is 7.00. The van der Waals surface area contributed by atoms with Gasteiger partial charge in [0.25, 0.3) is 0 Å². The van der Waals surface area contributed by atoms with Crippen LogP contribution in [0.4, 0.5) is 0 Å². The van der Waals surface area contributed by atoms with Gasteiger partial charge in [0.2, 0.25) is 10.0 Å². The van der Waals surface area contributed by atoms with Gasteiger partial charge in [0.1, 0.15) is 0 Å². The third kappa shape index (κ3) is 6.16. The minimum absolute atomic E-state index is 0.243. The Kier molecular flexibility index (Phi) is 5.72. The minimum atomic E-state index is -3.28. The van der Waals surface area contributed by atoms with E-state index in [9.17, 15) is 8.42 Å². The summed E-state index contributed by atoms with van der Waals surface area (Å²) < 4.78 is 24.1. The molecule has 0 radical (unpaired) electrons. The fourth-order valence-electron chi connectivity index (χ4n) is 0.586. The summed E-state index contributed by atoms with van der Waals surface area (Å²) in [6, 6.07) is 0. The molecule has 0 atom stereocenters. The standard InChI is InChI=1S/C7H13NO3S/c1-2-3-4-5-8-12(10,11)7-6-9/h8-9H,4-7H2,1H3. The Balaban J connectivity index is 3.67. The normalized spacial score (nSPS) is 10.5. The highest BCUT2D eigenvalue weighted by atomic mass is 32.2. The monoisotopic (exact) mass is 191 g/mol. The summed E-state index contributed by atoms with van der Waals surface area (Å²) >= 11 is 0. The van der Waals surface area contributed by atoms with Gasteiger partial charge in [-0.3, -0.25) is 0 Å². The largest absolute Gasteiger partial charge is 0.395 e. The molecular formula is C7H13NO3S. The molecular weight excluding hydrogens is 178 g/mol. The highest BCUT2D eigenvalue weighted by Gasteiger charge is 2.06. The van der Waals surface area contributed by atoms with Crippen molar-refractivity contribution < 1.29 is 13.5 Å². The molecule has 0 aromatic rings. The first-order valence-electron chi connectivity index (χ1n) is 3.60. The average Bonchev–Trinajstić information content (AvgIpc) is 1.98. The fourth-order valence-corrected chi connectivity index (χ4v) is 1.38. The summed E-state index contributed by atoms with van der Waals surface area (Å²) in [7, 11) is -3.28. The maximum Gasteiger partial charge on any atom is 0.213 e. The van der Waals surface area contributed by atoms with E-state index in [2.05, 4.69) is 16.6 Å². The average molecular weight is 191 g/mol. The van der Waals surface area contributed by atoms with Crippen molar-refractivity contribution in [3.8, 4) is 11.8 Å². The number of rotatable bonds is 5.